The van der Waals surface area contributed by atoms with Gasteiger partial charge in [0.25, 0.3) is 0 Å². The summed E-state index contributed by atoms with van der Waals surface area (Å²) in [5, 5.41) is 3.45. The van der Waals surface area contributed by atoms with Gasteiger partial charge in [0.05, 0.1) is 26.0 Å². The Balaban J connectivity index is 1.47. The number of ether oxygens (including phenoxy) is 2. The molecule has 6 heteroatoms. The summed E-state index contributed by atoms with van der Waals surface area (Å²) in [4.78, 5) is 10.4. The third-order valence-electron chi connectivity index (χ3n) is 4.57. The van der Waals surface area contributed by atoms with Crippen LogP contribution in [0.1, 0.15) is 11.1 Å². The van der Waals surface area contributed by atoms with Crippen molar-refractivity contribution in [2.24, 2.45) is 0 Å². The van der Waals surface area contributed by atoms with Crippen molar-refractivity contribution < 1.29 is 18.9 Å². The molecule has 2 aromatic carbocycles. The Bertz CT molecular complexity index is 727. The van der Waals surface area contributed by atoms with Gasteiger partial charge in [0, 0.05) is 18.7 Å². The van der Waals surface area contributed by atoms with Gasteiger partial charge in [-0.1, -0.05) is 42.5 Å². The molecule has 0 aliphatic carbocycles. The summed E-state index contributed by atoms with van der Waals surface area (Å²) in [7, 11) is -1.70. The number of morpholine rings is 1. The minimum atomic E-state index is -3.30. The lowest BCUT2D eigenvalue weighted by Gasteiger charge is -2.31. The van der Waals surface area contributed by atoms with Crippen LogP contribution in [0.4, 0.5) is 0 Å². The van der Waals surface area contributed by atoms with E-state index in [1.807, 2.05) is 42.5 Å². The van der Waals surface area contributed by atoms with Gasteiger partial charge in [0.15, 0.2) is 0 Å². The van der Waals surface area contributed by atoms with Crippen molar-refractivity contribution in [3.8, 4) is 5.75 Å². The van der Waals surface area contributed by atoms with Crippen LogP contribution in [0.25, 0.3) is 0 Å². The molecule has 1 unspecified atom stereocenters. The molecule has 0 radical (unpaired) electrons. The Morgan fingerprint density at radius 3 is 2.50 bits per heavy atom. The Labute approximate surface area is 154 Å². The molecule has 3 rings (SSSR count). The molecule has 0 aromatic heterocycles. The number of hydrogen-bond donors (Lipinski definition) is 2. The van der Waals surface area contributed by atoms with Crippen LogP contribution in [0, 0.1) is 0 Å². The van der Waals surface area contributed by atoms with E-state index in [9.17, 15) is 9.46 Å². The zero-order chi connectivity index (χ0) is 18.4. The summed E-state index contributed by atoms with van der Waals surface area (Å²) in [6.45, 7) is 1.16. The van der Waals surface area contributed by atoms with Crippen LogP contribution in [0.15, 0.2) is 54.6 Å². The van der Waals surface area contributed by atoms with Crippen molar-refractivity contribution in [2.45, 2.75) is 24.7 Å². The Morgan fingerprint density at radius 1 is 1.15 bits per heavy atom. The average Bonchev–Trinajstić information content (AvgIpc) is 2.64. The van der Waals surface area contributed by atoms with E-state index in [0.29, 0.717) is 13.2 Å². The minimum Gasteiger partial charge on any atom is -0.497 e. The molecule has 1 aliphatic heterocycles. The quantitative estimate of drug-likeness (QED) is 0.728. The molecule has 26 heavy (non-hydrogen) atoms. The summed E-state index contributed by atoms with van der Waals surface area (Å²) < 4.78 is 23.6. The second-order valence-electron chi connectivity index (χ2n) is 6.79. The molecule has 0 spiro atoms. The van der Waals surface area contributed by atoms with Gasteiger partial charge in [-0.05, 0) is 29.7 Å². The highest BCUT2D eigenvalue weighted by molar-refractivity contribution is 7.57. The lowest BCUT2D eigenvalue weighted by Crippen LogP contribution is -2.48. The maximum absolute atomic E-state index is 12.6. The van der Waals surface area contributed by atoms with E-state index < -0.39 is 7.37 Å². The predicted octanol–water partition coefficient (Wildman–Crippen LogP) is 3.07. The largest absolute Gasteiger partial charge is 0.497 e. The molecule has 140 valence electrons. The smallest absolute Gasteiger partial charge is 0.207 e. The molecule has 0 bridgehead atoms. The van der Waals surface area contributed by atoms with Crippen LogP contribution >= 0.6 is 7.37 Å². The summed E-state index contributed by atoms with van der Waals surface area (Å²) >= 11 is 0. The van der Waals surface area contributed by atoms with E-state index in [1.54, 1.807) is 7.11 Å². The van der Waals surface area contributed by atoms with Crippen molar-refractivity contribution in [1.82, 2.24) is 5.32 Å². The zero-order valence-corrected chi connectivity index (χ0v) is 15.9. The van der Waals surface area contributed by atoms with E-state index in [4.69, 9.17) is 9.47 Å². The number of benzene rings is 2. The van der Waals surface area contributed by atoms with Crippen molar-refractivity contribution >= 4 is 7.37 Å². The predicted molar refractivity (Wildman–Crippen MR) is 103 cm³/mol. The Morgan fingerprint density at radius 2 is 1.88 bits per heavy atom. The van der Waals surface area contributed by atoms with Crippen LogP contribution in [-0.2, 0) is 21.9 Å². The molecule has 3 atom stereocenters. The summed E-state index contributed by atoms with van der Waals surface area (Å²) in [6.07, 6.45) is 1.00. The fraction of sp³-hybridized carbons (Fsp3) is 0.400. The molecule has 1 heterocycles. The highest BCUT2D eigenvalue weighted by atomic mass is 31.2. The van der Waals surface area contributed by atoms with Gasteiger partial charge in [0.1, 0.15) is 5.75 Å². The van der Waals surface area contributed by atoms with Gasteiger partial charge in [-0.3, -0.25) is 4.57 Å². The molecule has 0 amide bonds. The van der Waals surface area contributed by atoms with Crippen molar-refractivity contribution in [3.05, 3.63) is 65.7 Å². The molecule has 2 aromatic rings. The second-order valence-corrected chi connectivity index (χ2v) is 9.16. The van der Waals surface area contributed by atoms with E-state index in [-0.39, 0.29) is 24.5 Å². The van der Waals surface area contributed by atoms with E-state index >= 15 is 0 Å². The van der Waals surface area contributed by atoms with Gasteiger partial charge in [-0.25, -0.2) is 0 Å². The standard InChI is InChI=1S/C20H26NO4P/c1-24-19-9-7-17(8-10-19)14-26(22,23)15-20-12-21-18(13-25-20)11-16-5-3-2-4-6-16/h2-10,18,20-21H,11-15H2,1H3,(H,22,23)/t18-,20+/m0/s1. The molecular formula is C20H26NO4P. The number of methoxy groups -OCH3 is 1. The highest BCUT2D eigenvalue weighted by Gasteiger charge is 2.29. The van der Waals surface area contributed by atoms with Crippen LogP contribution < -0.4 is 10.1 Å². The number of rotatable bonds is 7. The minimum absolute atomic E-state index is 0.157. The number of hydrogen-bond acceptors (Lipinski definition) is 4. The normalized spacial score (nSPS) is 22.5. The molecule has 5 nitrogen and oxygen atoms in total. The number of nitrogens with one attached hydrogen (secondary N) is 1. The van der Waals surface area contributed by atoms with Crippen LogP contribution in [-0.4, -0.2) is 43.5 Å². The molecule has 0 saturated carbocycles. The first kappa shape index (κ1) is 19.1. The SMILES string of the molecule is COc1ccc(CP(=O)(O)C[C@H]2CN[C@@H](Cc3ccccc3)CO2)cc1. The van der Waals surface area contributed by atoms with Crippen molar-refractivity contribution in [1.29, 1.82) is 0 Å². The molecule has 1 aliphatic rings. The lowest BCUT2D eigenvalue weighted by atomic mass is 10.1. The zero-order valence-electron chi connectivity index (χ0n) is 15.0. The maximum Gasteiger partial charge on any atom is 0.207 e. The van der Waals surface area contributed by atoms with E-state index in [2.05, 4.69) is 17.4 Å². The summed E-state index contributed by atoms with van der Waals surface area (Å²) in [5.41, 5.74) is 2.10. The molecule has 1 saturated heterocycles. The first-order valence-electron chi connectivity index (χ1n) is 8.87. The molecule has 2 N–H and O–H groups in total. The topological polar surface area (TPSA) is 67.8 Å². The first-order chi connectivity index (χ1) is 12.5. The van der Waals surface area contributed by atoms with Gasteiger partial charge >= 0.3 is 0 Å². The van der Waals surface area contributed by atoms with E-state index in [0.717, 1.165) is 17.7 Å². The lowest BCUT2D eigenvalue weighted by molar-refractivity contribution is 0.0162. The van der Waals surface area contributed by atoms with Crippen LogP contribution in [0.5, 0.6) is 5.75 Å². The third-order valence-corrected chi connectivity index (χ3v) is 6.41. The summed E-state index contributed by atoms with van der Waals surface area (Å²) in [6, 6.07) is 17.8. The third kappa shape index (κ3) is 5.68. The first-order valence-corrected chi connectivity index (χ1v) is 10.9. The fourth-order valence-corrected chi connectivity index (χ4v) is 5.00. The van der Waals surface area contributed by atoms with Crippen molar-refractivity contribution in [3.63, 3.8) is 0 Å². The van der Waals surface area contributed by atoms with E-state index in [1.165, 1.54) is 5.56 Å². The average molecular weight is 375 g/mol. The van der Waals surface area contributed by atoms with Crippen LogP contribution in [0.3, 0.4) is 0 Å². The molecular weight excluding hydrogens is 349 g/mol. The van der Waals surface area contributed by atoms with Gasteiger partial charge < -0.3 is 19.7 Å². The van der Waals surface area contributed by atoms with Gasteiger partial charge in [-0.15, -0.1) is 0 Å². The monoisotopic (exact) mass is 375 g/mol. The fourth-order valence-electron chi connectivity index (χ4n) is 3.21. The van der Waals surface area contributed by atoms with Gasteiger partial charge in [0.2, 0.25) is 7.37 Å². The summed E-state index contributed by atoms with van der Waals surface area (Å²) in [5.74, 6) is 0.741. The highest BCUT2D eigenvalue weighted by Crippen LogP contribution is 2.45. The van der Waals surface area contributed by atoms with Crippen molar-refractivity contribution in [2.75, 3.05) is 26.4 Å². The maximum atomic E-state index is 12.6. The van der Waals surface area contributed by atoms with Crippen LogP contribution in [0.2, 0.25) is 0 Å². The Kier molecular flexibility index (Phi) is 6.49. The van der Waals surface area contributed by atoms with Gasteiger partial charge in [-0.2, -0.15) is 0 Å². The second kappa shape index (κ2) is 8.83. The Hall–Kier alpha value is -1.65. The molecule has 1 fully saturated rings.